The van der Waals surface area contributed by atoms with E-state index in [1.54, 1.807) is 18.2 Å². The van der Waals surface area contributed by atoms with E-state index in [0.29, 0.717) is 18.8 Å². The van der Waals surface area contributed by atoms with E-state index >= 15 is 0 Å². The fraction of sp³-hybridized carbons (Fsp3) is 0.176. The summed E-state index contributed by atoms with van der Waals surface area (Å²) in [5, 5.41) is 28.3. The maximum atomic E-state index is 11.0. The smallest absolute Gasteiger partial charge is 0.335 e. The zero-order valence-electron chi connectivity index (χ0n) is 12.7. The second kappa shape index (κ2) is 6.49. The molecule has 2 aromatic carbocycles. The van der Waals surface area contributed by atoms with Crippen molar-refractivity contribution < 1.29 is 24.9 Å². The van der Waals surface area contributed by atoms with Gasteiger partial charge in [0.1, 0.15) is 6.10 Å². The summed E-state index contributed by atoms with van der Waals surface area (Å²) in [4.78, 5) is 16.9. The van der Waals surface area contributed by atoms with Crippen molar-refractivity contribution in [1.82, 2.24) is 0 Å². The Bertz CT molecular complexity index is 765. The molecule has 3 rings (SSSR count). The van der Waals surface area contributed by atoms with Gasteiger partial charge in [-0.2, -0.15) is 0 Å². The molecule has 1 unspecified atom stereocenters. The van der Waals surface area contributed by atoms with Crippen molar-refractivity contribution in [2.45, 2.75) is 6.10 Å². The summed E-state index contributed by atoms with van der Waals surface area (Å²) in [6.07, 6.45) is 1.25. The summed E-state index contributed by atoms with van der Waals surface area (Å²) in [6, 6.07) is 10.9. The summed E-state index contributed by atoms with van der Waals surface area (Å²) in [5.41, 5.74) is 1.57. The van der Waals surface area contributed by atoms with Crippen LogP contribution < -0.4 is 4.90 Å². The first-order valence-corrected chi connectivity index (χ1v) is 7.31. The molecule has 1 aliphatic heterocycles. The maximum Gasteiger partial charge on any atom is 0.335 e. The number of aliphatic imine (C=N–C) groups is 1. The van der Waals surface area contributed by atoms with Crippen LogP contribution in [-0.4, -0.2) is 46.9 Å². The van der Waals surface area contributed by atoms with E-state index in [0.717, 1.165) is 5.69 Å². The molecule has 7 heteroatoms. The van der Waals surface area contributed by atoms with Crippen LogP contribution in [0.3, 0.4) is 0 Å². The molecule has 1 atom stereocenters. The molecular formula is C17H16N2O5. The second-order valence-corrected chi connectivity index (χ2v) is 5.36. The van der Waals surface area contributed by atoms with Crippen LogP contribution in [0.15, 0.2) is 47.5 Å². The van der Waals surface area contributed by atoms with E-state index in [1.807, 2.05) is 4.90 Å². The van der Waals surface area contributed by atoms with E-state index in [-0.39, 0.29) is 23.2 Å². The largest absolute Gasteiger partial charge is 0.504 e. The minimum absolute atomic E-state index is 0.153. The number of hydrogen-bond acceptors (Lipinski definition) is 6. The number of carbonyl (C=O) groups is 1. The number of carboxylic acids is 1. The molecule has 0 spiro atoms. The predicted molar refractivity (Wildman–Crippen MR) is 88.4 cm³/mol. The topological polar surface area (TPSA) is 103 Å². The fourth-order valence-electron chi connectivity index (χ4n) is 2.46. The Labute approximate surface area is 138 Å². The van der Waals surface area contributed by atoms with Crippen LogP contribution in [0.25, 0.3) is 0 Å². The number of carboxylic acid groups (broad SMARTS) is 1. The summed E-state index contributed by atoms with van der Waals surface area (Å²) >= 11 is 0. The molecule has 1 aliphatic rings. The average molecular weight is 328 g/mol. The maximum absolute atomic E-state index is 11.0. The fourth-order valence-corrected chi connectivity index (χ4v) is 2.46. The number of phenols is 2. The first kappa shape index (κ1) is 15.7. The van der Waals surface area contributed by atoms with Gasteiger partial charge in [0.25, 0.3) is 0 Å². The van der Waals surface area contributed by atoms with Crippen molar-refractivity contribution in [1.29, 1.82) is 0 Å². The molecule has 0 radical (unpaired) electrons. The quantitative estimate of drug-likeness (QED) is 0.728. The zero-order valence-corrected chi connectivity index (χ0v) is 12.7. The predicted octanol–water partition coefficient (Wildman–Crippen LogP) is 2.36. The summed E-state index contributed by atoms with van der Waals surface area (Å²) in [7, 11) is 0. The van der Waals surface area contributed by atoms with Gasteiger partial charge in [-0.15, -0.1) is 0 Å². The van der Waals surface area contributed by atoms with Gasteiger partial charge in [-0.05, 0) is 36.4 Å². The van der Waals surface area contributed by atoms with Crippen LogP contribution in [0.2, 0.25) is 0 Å². The molecule has 3 N–H and O–H groups in total. The highest BCUT2D eigenvalue weighted by Crippen LogP contribution is 2.33. The molecule has 7 nitrogen and oxygen atoms in total. The van der Waals surface area contributed by atoms with Crippen LogP contribution in [-0.2, 0) is 4.74 Å². The number of anilines is 2. The molecule has 0 bridgehead atoms. The van der Waals surface area contributed by atoms with Crippen molar-refractivity contribution in [3.05, 3.63) is 48.0 Å². The number of aromatic hydroxyl groups is 2. The highest BCUT2D eigenvalue weighted by molar-refractivity contribution is 5.88. The lowest BCUT2D eigenvalue weighted by Crippen LogP contribution is -2.30. The molecule has 1 heterocycles. The van der Waals surface area contributed by atoms with Crippen molar-refractivity contribution in [2.24, 2.45) is 4.99 Å². The van der Waals surface area contributed by atoms with Gasteiger partial charge >= 0.3 is 5.97 Å². The number of aromatic carboxylic acids is 1. The third kappa shape index (κ3) is 3.24. The van der Waals surface area contributed by atoms with E-state index < -0.39 is 5.97 Å². The molecule has 124 valence electrons. The number of benzene rings is 2. The van der Waals surface area contributed by atoms with Crippen molar-refractivity contribution >= 4 is 23.7 Å². The summed E-state index contributed by atoms with van der Waals surface area (Å²) in [5.74, 6) is -1.44. The summed E-state index contributed by atoms with van der Waals surface area (Å²) in [6.45, 7) is 0.977. The molecule has 0 fully saturated rings. The van der Waals surface area contributed by atoms with E-state index in [4.69, 9.17) is 9.84 Å². The van der Waals surface area contributed by atoms with E-state index in [1.165, 1.54) is 30.7 Å². The van der Waals surface area contributed by atoms with Crippen LogP contribution in [0, 0.1) is 0 Å². The van der Waals surface area contributed by atoms with Gasteiger partial charge in [0.15, 0.2) is 17.9 Å². The van der Waals surface area contributed by atoms with Gasteiger partial charge in [0.2, 0.25) is 0 Å². The van der Waals surface area contributed by atoms with Gasteiger partial charge in [-0.1, -0.05) is 0 Å². The second-order valence-electron chi connectivity index (χ2n) is 5.36. The highest BCUT2D eigenvalue weighted by Gasteiger charge is 2.20. The minimum atomic E-state index is -0.997. The van der Waals surface area contributed by atoms with E-state index in [9.17, 15) is 15.0 Å². The number of nitrogens with zero attached hydrogens (tertiary/aromatic N) is 2. The SMILES string of the molecule is O=C(O)c1ccc(N(CC2CN=CO2)c2ccc(O)c(O)c2)cc1. The van der Waals surface area contributed by atoms with Gasteiger partial charge < -0.3 is 25.0 Å². The lowest BCUT2D eigenvalue weighted by Gasteiger charge is -2.27. The van der Waals surface area contributed by atoms with Crippen molar-refractivity contribution in [2.75, 3.05) is 18.0 Å². The number of hydrogen-bond donors (Lipinski definition) is 3. The molecule has 2 aromatic rings. The Morgan fingerprint density at radius 1 is 1.12 bits per heavy atom. The van der Waals surface area contributed by atoms with Crippen molar-refractivity contribution in [3.63, 3.8) is 0 Å². The molecule has 0 amide bonds. The van der Waals surface area contributed by atoms with Gasteiger partial charge in [0.05, 0.1) is 18.7 Å². The standard InChI is InChI=1S/C17H16N2O5/c20-15-6-5-13(7-16(15)21)19(9-14-8-18-10-24-14)12-3-1-11(2-4-12)17(22)23/h1-7,10,14,20-21H,8-9H2,(H,22,23). The Balaban J connectivity index is 1.93. The van der Waals surface area contributed by atoms with Crippen LogP contribution in [0.4, 0.5) is 11.4 Å². The molecular weight excluding hydrogens is 312 g/mol. The first-order valence-electron chi connectivity index (χ1n) is 7.31. The molecule has 24 heavy (non-hydrogen) atoms. The Hall–Kier alpha value is -3.22. The summed E-state index contributed by atoms with van der Waals surface area (Å²) < 4.78 is 5.40. The Morgan fingerprint density at radius 2 is 1.83 bits per heavy atom. The number of ether oxygens (including phenoxy) is 1. The van der Waals surface area contributed by atoms with Gasteiger partial charge in [-0.25, -0.2) is 4.79 Å². The number of rotatable bonds is 5. The lowest BCUT2D eigenvalue weighted by atomic mass is 10.1. The molecule has 0 aliphatic carbocycles. The lowest BCUT2D eigenvalue weighted by molar-refractivity contribution is 0.0697. The van der Waals surface area contributed by atoms with Crippen molar-refractivity contribution in [3.8, 4) is 11.5 Å². The third-order valence-corrected chi connectivity index (χ3v) is 3.72. The highest BCUT2D eigenvalue weighted by atomic mass is 16.5. The Morgan fingerprint density at radius 3 is 2.42 bits per heavy atom. The first-order chi connectivity index (χ1) is 11.5. The van der Waals surface area contributed by atoms with Crippen LogP contribution in [0.5, 0.6) is 11.5 Å². The number of phenolic OH excluding ortho intramolecular Hbond substituents is 2. The zero-order chi connectivity index (χ0) is 17.1. The average Bonchev–Trinajstić information content (AvgIpc) is 3.09. The third-order valence-electron chi connectivity index (χ3n) is 3.72. The molecule has 0 aromatic heterocycles. The monoisotopic (exact) mass is 328 g/mol. The Kier molecular flexibility index (Phi) is 4.24. The van der Waals surface area contributed by atoms with E-state index in [2.05, 4.69) is 4.99 Å². The minimum Gasteiger partial charge on any atom is -0.504 e. The normalized spacial score (nSPS) is 15.9. The molecule has 0 saturated heterocycles. The van der Waals surface area contributed by atoms with Crippen LogP contribution >= 0.6 is 0 Å². The van der Waals surface area contributed by atoms with Gasteiger partial charge in [-0.3, -0.25) is 4.99 Å². The molecule has 0 saturated carbocycles. The van der Waals surface area contributed by atoms with Gasteiger partial charge in [0, 0.05) is 17.4 Å². The van der Waals surface area contributed by atoms with Crippen LogP contribution in [0.1, 0.15) is 10.4 Å².